The fourth-order valence-electron chi connectivity index (χ4n) is 11.1. The molecular formula is C51H48N2. The third-order valence-corrected chi connectivity index (χ3v) is 13.6. The number of hydrogen-bond acceptors (Lipinski definition) is 1. The van der Waals surface area contributed by atoms with Gasteiger partial charge < -0.3 is 9.47 Å². The lowest BCUT2D eigenvalue weighted by atomic mass is 9.75. The maximum absolute atomic E-state index is 2.68. The van der Waals surface area contributed by atoms with Crippen LogP contribution in [-0.2, 0) is 0 Å². The summed E-state index contributed by atoms with van der Waals surface area (Å²) in [5.74, 6) is 0.371. The number of allylic oxidation sites excluding steroid dienone is 18. The molecule has 53 heavy (non-hydrogen) atoms. The summed E-state index contributed by atoms with van der Waals surface area (Å²) in [4.78, 5) is 2.68. The van der Waals surface area contributed by atoms with Crippen molar-refractivity contribution in [1.29, 1.82) is 0 Å². The maximum Gasteiger partial charge on any atom is 0.0629 e. The van der Waals surface area contributed by atoms with Crippen LogP contribution in [0, 0.1) is 11.3 Å². The molecule has 8 aliphatic rings. The number of nitrogens with zero attached hydrogens (tertiary/aromatic N) is 2. The van der Waals surface area contributed by atoms with Crippen LogP contribution >= 0.6 is 0 Å². The van der Waals surface area contributed by atoms with E-state index in [1.54, 1.807) is 11.1 Å². The molecule has 2 heteroatoms. The largest absolute Gasteiger partial charge is 0.337 e. The predicted octanol–water partition coefficient (Wildman–Crippen LogP) is 11.3. The number of fused-ring (bicyclic) bond motifs is 7. The van der Waals surface area contributed by atoms with Gasteiger partial charge in [0.05, 0.1) is 11.6 Å². The molecule has 0 saturated heterocycles. The van der Waals surface area contributed by atoms with Crippen LogP contribution in [0.4, 0.5) is 5.69 Å². The number of benzene rings is 2. The van der Waals surface area contributed by atoms with Crippen molar-refractivity contribution in [2.45, 2.75) is 84.1 Å². The van der Waals surface area contributed by atoms with Crippen molar-refractivity contribution in [1.82, 2.24) is 4.57 Å². The van der Waals surface area contributed by atoms with Gasteiger partial charge in [-0.05, 0) is 122 Å². The molecular weight excluding hydrogens is 641 g/mol. The molecule has 0 saturated carbocycles. The van der Waals surface area contributed by atoms with Crippen molar-refractivity contribution >= 4 is 40.0 Å². The molecule has 2 nitrogen and oxygen atoms in total. The Hall–Kier alpha value is -5.08. The maximum atomic E-state index is 2.68. The topological polar surface area (TPSA) is 8.17 Å². The van der Waals surface area contributed by atoms with Gasteiger partial charge in [-0.15, -0.1) is 0 Å². The molecule has 2 unspecified atom stereocenters. The first-order chi connectivity index (χ1) is 26.0. The van der Waals surface area contributed by atoms with Gasteiger partial charge in [-0.2, -0.15) is 0 Å². The Morgan fingerprint density at radius 3 is 2.43 bits per heavy atom. The van der Waals surface area contributed by atoms with E-state index in [1.165, 1.54) is 90.4 Å². The van der Waals surface area contributed by atoms with Crippen LogP contribution in [0.25, 0.3) is 34.3 Å². The summed E-state index contributed by atoms with van der Waals surface area (Å²) in [6.45, 7) is 4.93. The first-order valence-corrected chi connectivity index (χ1v) is 20.3. The van der Waals surface area contributed by atoms with E-state index in [2.05, 4.69) is 145 Å². The zero-order valence-electron chi connectivity index (χ0n) is 31.2. The summed E-state index contributed by atoms with van der Waals surface area (Å²) in [7, 11) is 0. The minimum Gasteiger partial charge on any atom is -0.337 e. The van der Waals surface area contributed by atoms with Crippen molar-refractivity contribution in [3.05, 3.63) is 170 Å². The number of para-hydroxylation sites is 2. The van der Waals surface area contributed by atoms with Gasteiger partial charge in [0.15, 0.2) is 0 Å². The summed E-state index contributed by atoms with van der Waals surface area (Å²) in [5.41, 5.74) is 19.3. The van der Waals surface area contributed by atoms with E-state index < -0.39 is 0 Å². The van der Waals surface area contributed by atoms with Gasteiger partial charge in [0.1, 0.15) is 0 Å². The second kappa shape index (κ2) is 12.0. The third-order valence-electron chi connectivity index (χ3n) is 13.6. The van der Waals surface area contributed by atoms with Crippen LogP contribution in [0.3, 0.4) is 0 Å². The van der Waals surface area contributed by atoms with Gasteiger partial charge >= 0.3 is 0 Å². The molecule has 2 aromatic carbocycles. The third kappa shape index (κ3) is 4.77. The molecule has 2 atom stereocenters. The molecule has 0 radical (unpaired) electrons. The molecule has 1 aromatic heterocycles. The Morgan fingerprint density at radius 1 is 0.660 bits per heavy atom. The second-order valence-corrected chi connectivity index (χ2v) is 16.8. The van der Waals surface area contributed by atoms with Crippen LogP contribution in [-0.4, -0.2) is 10.6 Å². The summed E-state index contributed by atoms with van der Waals surface area (Å²) in [5, 5.41) is 4.18. The van der Waals surface area contributed by atoms with Crippen LogP contribution in [0.5, 0.6) is 0 Å². The van der Waals surface area contributed by atoms with Crippen molar-refractivity contribution in [2.24, 2.45) is 11.3 Å². The van der Waals surface area contributed by atoms with E-state index in [4.69, 9.17) is 0 Å². The summed E-state index contributed by atoms with van der Waals surface area (Å²) in [6, 6.07) is 18.7. The van der Waals surface area contributed by atoms with Gasteiger partial charge in [-0.1, -0.05) is 122 Å². The molecule has 0 spiro atoms. The zero-order chi connectivity index (χ0) is 35.3. The summed E-state index contributed by atoms with van der Waals surface area (Å²) >= 11 is 0. The van der Waals surface area contributed by atoms with Crippen LogP contribution in [0.1, 0.15) is 83.6 Å². The highest BCUT2D eigenvalue weighted by Crippen LogP contribution is 2.55. The predicted molar refractivity (Wildman–Crippen MR) is 223 cm³/mol. The van der Waals surface area contributed by atoms with Gasteiger partial charge in [-0.3, -0.25) is 0 Å². The summed E-state index contributed by atoms with van der Waals surface area (Å²) in [6.07, 6.45) is 40.9. The Balaban J connectivity index is 0.959. The molecule has 0 N–H and O–H groups in total. The number of anilines is 1. The first kappa shape index (κ1) is 31.4. The highest BCUT2D eigenvalue weighted by atomic mass is 15.2. The van der Waals surface area contributed by atoms with Gasteiger partial charge in [0, 0.05) is 49.9 Å². The molecule has 2 heterocycles. The lowest BCUT2D eigenvalue weighted by molar-refractivity contribution is 0.502. The van der Waals surface area contributed by atoms with Crippen molar-refractivity contribution in [3.8, 4) is 0 Å². The number of hydrogen-bond donors (Lipinski definition) is 0. The minimum absolute atomic E-state index is 0.179. The van der Waals surface area contributed by atoms with Crippen LogP contribution in [0.2, 0.25) is 0 Å². The molecule has 3 aromatic rings. The molecule has 7 aliphatic carbocycles. The Kier molecular flexibility index (Phi) is 7.10. The highest BCUT2D eigenvalue weighted by molar-refractivity contribution is 5.92. The lowest BCUT2D eigenvalue weighted by Gasteiger charge is -2.33. The zero-order valence-corrected chi connectivity index (χ0v) is 31.2. The van der Waals surface area contributed by atoms with Gasteiger partial charge in [-0.25, -0.2) is 0 Å². The van der Waals surface area contributed by atoms with Crippen molar-refractivity contribution in [2.75, 3.05) is 4.90 Å². The first-order valence-electron chi connectivity index (χ1n) is 20.3. The quantitative estimate of drug-likeness (QED) is 0.265. The van der Waals surface area contributed by atoms with E-state index in [1.807, 2.05) is 0 Å². The Labute approximate surface area is 314 Å². The molecule has 11 rings (SSSR count). The number of rotatable bonds is 4. The standard InChI is InChI=1S/C51H48N2/c1-51(2)45-20-9-6-17-39(45)42-32-38(25-26-46(42)51)53-48-22-11-8-19-41(48)44-31-36(24-28-50(44)53)35-23-27-49-43(30-35)40-18-7-10-21-47(40)52(49)37-16-12-15-34(29-37)33-13-4-3-5-14-33/h4,6-8,10-11,13-15,17-19,21-23,28-32,36,49H,3,5,9,12,16,20,24-27H2,1-2H3. The molecule has 262 valence electrons. The van der Waals surface area contributed by atoms with E-state index in [-0.39, 0.29) is 5.41 Å². The molecule has 0 amide bonds. The second-order valence-electron chi connectivity index (χ2n) is 16.8. The Morgan fingerprint density at radius 2 is 1.51 bits per heavy atom. The lowest BCUT2D eigenvalue weighted by Crippen LogP contribution is -2.34. The smallest absolute Gasteiger partial charge is 0.0629 e. The average Bonchev–Trinajstić information content (AvgIpc) is 3.81. The van der Waals surface area contributed by atoms with E-state index in [9.17, 15) is 0 Å². The molecule has 0 bridgehead atoms. The fourth-order valence-corrected chi connectivity index (χ4v) is 11.1. The molecule has 0 fully saturated rings. The van der Waals surface area contributed by atoms with Crippen molar-refractivity contribution < 1.29 is 0 Å². The van der Waals surface area contributed by atoms with E-state index in [0.29, 0.717) is 12.0 Å². The fraction of sp³-hybridized carbons (Fsp3) is 0.294. The Bertz CT molecular complexity index is 2590. The monoisotopic (exact) mass is 688 g/mol. The summed E-state index contributed by atoms with van der Waals surface area (Å²) < 4.78 is 2.62. The number of aromatic nitrogens is 1. The van der Waals surface area contributed by atoms with Crippen LogP contribution < -0.4 is 15.5 Å². The van der Waals surface area contributed by atoms with E-state index in [0.717, 1.165) is 51.4 Å². The van der Waals surface area contributed by atoms with Gasteiger partial charge in [0.2, 0.25) is 0 Å². The van der Waals surface area contributed by atoms with Crippen molar-refractivity contribution in [3.63, 3.8) is 0 Å². The highest BCUT2D eigenvalue weighted by Gasteiger charge is 2.41. The minimum atomic E-state index is 0.179. The van der Waals surface area contributed by atoms with Gasteiger partial charge in [0.25, 0.3) is 0 Å². The van der Waals surface area contributed by atoms with E-state index >= 15 is 0 Å². The normalized spacial score (nSPS) is 25.2. The average molecular weight is 689 g/mol. The van der Waals surface area contributed by atoms with Crippen LogP contribution in [0.15, 0.2) is 154 Å². The molecule has 1 aliphatic heterocycles. The SMILES string of the molecule is CC1(C)C2=C(C=CCC2)C2=C1CCC(n1c3c(c4ccccc41)=CC(C1=CCC4C(=C1)c1ccccc1N4C1=CC(C4=CCCC=C4)=CCC1)CC=3)=C2.